The van der Waals surface area contributed by atoms with Gasteiger partial charge in [-0.25, -0.2) is 9.59 Å². The maximum Gasteiger partial charge on any atom is 0.337 e. The van der Waals surface area contributed by atoms with E-state index in [1.165, 1.54) is 18.3 Å². The number of nitro groups is 1. The van der Waals surface area contributed by atoms with Crippen molar-refractivity contribution in [3.63, 3.8) is 0 Å². The average Bonchev–Trinajstić information content (AvgIpc) is 2.68. The Morgan fingerprint density at radius 1 is 1.31 bits per heavy atom. The lowest BCUT2D eigenvalue weighted by Gasteiger charge is -2.27. The molecule has 1 unspecified atom stereocenters. The number of hydrogen-bond donors (Lipinski definition) is 2. The van der Waals surface area contributed by atoms with E-state index < -0.39 is 22.8 Å². The van der Waals surface area contributed by atoms with Crippen LogP contribution in [0.3, 0.4) is 0 Å². The molecule has 2 N–H and O–H groups in total. The van der Waals surface area contributed by atoms with Crippen LogP contribution in [0.4, 0.5) is 5.69 Å². The predicted octanol–water partition coefficient (Wildman–Crippen LogP) is 2.66. The first-order valence-electron chi connectivity index (χ1n) is 8.51. The van der Waals surface area contributed by atoms with Gasteiger partial charge in [0.05, 0.1) is 47.1 Å². The van der Waals surface area contributed by atoms with Crippen LogP contribution in [0.1, 0.15) is 25.3 Å². The molecular weight excluding hydrogens is 406 g/mol. The molecule has 0 radical (unpaired) electrons. The fraction of sp³-hybridized carbons (Fsp3) is 0.278. The number of hydrogen-bond acceptors (Lipinski definition) is 9. The van der Waals surface area contributed by atoms with Crippen LogP contribution < -0.4 is 5.32 Å². The minimum atomic E-state index is -1.16. The van der Waals surface area contributed by atoms with Crippen molar-refractivity contribution in [1.82, 2.24) is 5.32 Å². The molecule has 1 heterocycles. The molecule has 2 rings (SSSR count). The third kappa shape index (κ3) is 4.72. The van der Waals surface area contributed by atoms with E-state index in [2.05, 4.69) is 10.5 Å². The number of dihydropyridines is 1. The number of carbonyl (C=O) groups is 2. The van der Waals surface area contributed by atoms with Gasteiger partial charge < -0.3 is 20.0 Å². The van der Waals surface area contributed by atoms with Gasteiger partial charge in [-0.05, 0) is 25.5 Å². The standard InChI is InChI=1S/C18H18ClN3O7/c1-3-28-17(23)12-8-20-14(9-21-25)16(18(24)29-4-2)15(12)11-7-10(22(26)27)5-6-13(11)19/h5-9,15,20,25H,3-4H2,1-2H3. The highest BCUT2D eigenvalue weighted by Crippen LogP contribution is 2.41. The van der Waals surface area contributed by atoms with Crippen LogP contribution in [0.5, 0.6) is 0 Å². The highest BCUT2D eigenvalue weighted by Gasteiger charge is 2.38. The first kappa shape index (κ1) is 21.9. The van der Waals surface area contributed by atoms with E-state index >= 15 is 0 Å². The number of non-ortho nitro benzene ring substituents is 1. The van der Waals surface area contributed by atoms with Crippen LogP contribution in [0.15, 0.2) is 46.4 Å². The molecule has 1 aromatic rings. The fourth-order valence-electron chi connectivity index (χ4n) is 2.81. The summed E-state index contributed by atoms with van der Waals surface area (Å²) in [6.45, 7) is 3.29. The second kappa shape index (κ2) is 9.69. The Balaban J connectivity index is 2.77. The Kier molecular flexibility index (Phi) is 7.32. The van der Waals surface area contributed by atoms with E-state index in [0.717, 1.165) is 12.3 Å². The Hall–Kier alpha value is -3.40. The number of carbonyl (C=O) groups excluding carboxylic acids is 2. The molecule has 154 valence electrons. The summed E-state index contributed by atoms with van der Waals surface area (Å²) in [7, 11) is 0. The lowest BCUT2D eigenvalue weighted by atomic mass is 9.81. The summed E-state index contributed by atoms with van der Waals surface area (Å²) in [4.78, 5) is 35.9. The van der Waals surface area contributed by atoms with Gasteiger partial charge in [-0.1, -0.05) is 16.8 Å². The number of nitrogens with zero attached hydrogens (tertiary/aromatic N) is 2. The van der Waals surface area contributed by atoms with Gasteiger partial charge in [0, 0.05) is 23.4 Å². The molecule has 0 fully saturated rings. The largest absolute Gasteiger partial charge is 0.463 e. The van der Waals surface area contributed by atoms with E-state index in [0.29, 0.717) is 0 Å². The van der Waals surface area contributed by atoms with Crippen LogP contribution in [0.2, 0.25) is 5.02 Å². The predicted molar refractivity (Wildman–Crippen MR) is 103 cm³/mol. The highest BCUT2D eigenvalue weighted by atomic mass is 35.5. The van der Waals surface area contributed by atoms with Gasteiger partial charge in [0.25, 0.3) is 5.69 Å². The molecule has 1 atom stereocenters. The highest BCUT2D eigenvalue weighted by molar-refractivity contribution is 6.31. The SMILES string of the molecule is CCOC(=O)C1=CNC(C=NO)=C(C(=O)OCC)C1c1cc([N+](=O)[O-])ccc1Cl. The van der Waals surface area contributed by atoms with Crippen molar-refractivity contribution >= 4 is 35.4 Å². The number of ether oxygens (including phenoxy) is 2. The number of halogens is 1. The number of benzene rings is 1. The summed E-state index contributed by atoms with van der Waals surface area (Å²) < 4.78 is 10.1. The molecule has 1 aliphatic rings. The Bertz CT molecular complexity index is 924. The zero-order chi connectivity index (χ0) is 21.6. The summed E-state index contributed by atoms with van der Waals surface area (Å²) in [6, 6.07) is 3.66. The Morgan fingerprint density at radius 3 is 2.55 bits per heavy atom. The van der Waals surface area contributed by atoms with Crippen molar-refractivity contribution in [3.05, 3.63) is 61.9 Å². The molecular formula is C18H18ClN3O7. The molecule has 0 bridgehead atoms. The zero-order valence-corrected chi connectivity index (χ0v) is 16.3. The topological polar surface area (TPSA) is 140 Å². The van der Waals surface area contributed by atoms with Crippen molar-refractivity contribution in [1.29, 1.82) is 0 Å². The summed E-state index contributed by atoms with van der Waals surface area (Å²) in [5.74, 6) is -2.73. The maximum atomic E-state index is 12.7. The van der Waals surface area contributed by atoms with Crippen molar-refractivity contribution in [2.24, 2.45) is 5.16 Å². The molecule has 0 saturated carbocycles. The third-order valence-electron chi connectivity index (χ3n) is 3.97. The average molecular weight is 424 g/mol. The molecule has 0 spiro atoms. The monoisotopic (exact) mass is 423 g/mol. The van der Waals surface area contributed by atoms with Gasteiger partial charge >= 0.3 is 11.9 Å². The summed E-state index contributed by atoms with van der Waals surface area (Å²) in [6.07, 6.45) is 2.21. The van der Waals surface area contributed by atoms with Gasteiger partial charge in [-0.2, -0.15) is 0 Å². The smallest absolute Gasteiger partial charge is 0.337 e. The third-order valence-corrected chi connectivity index (χ3v) is 4.31. The lowest BCUT2D eigenvalue weighted by molar-refractivity contribution is -0.384. The maximum absolute atomic E-state index is 12.7. The second-order valence-electron chi connectivity index (χ2n) is 5.65. The van der Waals surface area contributed by atoms with Crippen LogP contribution in [-0.2, 0) is 19.1 Å². The molecule has 10 nitrogen and oxygen atoms in total. The van der Waals surface area contributed by atoms with E-state index in [9.17, 15) is 19.7 Å². The quantitative estimate of drug-likeness (QED) is 0.224. The second-order valence-corrected chi connectivity index (χ2v) is 6.06. The first-order chi connectivity index (χ1) is 13.8. The van der Waals surface area contributed by atoms with E-state index in [-0.39, 0.29) is 46.3 Å². The van der Waals surface area contributed by atoms with Crippen LogP contribution in [0.25, 0.3) is 0 Å². The number of oxime groups is 1. The molecule has 11 heteroatoms. The van der Waals surface area contributed by atoms with E-state index in [1.54, 1.807) is 13.8 Å². The minimum Gasteiger partial charge on any atom is -0.463 e. The number of nitrogens with one attached hydrogen (secondary N) is 1. The van der Waals surface area contributed by atoms with Crippen molar-refractivity contribution in [3.8, 4) is 0 Å². The summed E-state index contributed by atoms with van der Waals surface area (Å²) >= 11 is 6.27. The first-order valence-corrected chi connectivity index (χ1v) is 8.89. The number of nitro benzene ring substituents is 1. The fourth-order valence-corrected chi connectivity index (χ4v) is 3.04. The van der Waals surface area contributed by atoms with E-state index in [4.69, 9.17) is 26.3 Å². The molecule has 1 aliphatic heterocycles. The molecule has 29 heavy (non-hydrogen) atoms. The van der Waals surface area contributed by atoms with Crippen LogP contribution in [0, 0.1) is 10.1 Å². The molecule has 0 aliphatic carbocycles. The Morgan fingerprint density at radius 2 is 1.97 bits per heavy atom. The van der Waals surface area contributed by atoms with Gasteiger partial charge in [-0.15, -0.1) is 0 Å². The normalized spacial score (nSPS) is 16.2. The van der Waals surface area contributed by atoms with Gasteiger partial charge in [0.1, 0.15) is 0 Å². The lowest BCUT2D eigenvalue weighted by Crippen LogP contribution is -2.31. The molecule has 0 saturated heterocycles. The van der Waals surface area contributed by atoms with Crippen molar-refractivity contribution in [2.75, 3.05) is 13.2 Å². The summed E-state index contributed by atoms with van der Waals surface area (Å²) in [5, 5.41) is 25.9. The number of esters is 2. The Labute approximate surface area is 170 Å². The minimum absolute atomic E-state index is 0.0209. The number of allylic oxidation sites excluding steroid dienone is 1. The molecule has 0 aromatic heterocycles. The van der Waals surface area contributed by atoms with Gasteiger partial charge in [0.2, 0.25) is 0 Å². The molecule has 0 amide bonds. The number of rotatable bonds is 7. The van der Waals surface area contributed by atoms with Gasteiger partial charge in [0.15, 0.2) is 0 Å². The van der Waals surface area contributed by atoms with Crippen LogP contribution in [-0.4, -0.2) is 41.5 Å². The van der Waals surface area contributed by atoms with E-state index in [1.807, 2.05) is 0 Å². The van der Waals surface area contributed by atoms with Gasteiger partial charge in [-0.3, -0.25) is 10.1 Å². The molecule has 1 aromatic carbocycles. The zero-order valence-electron chi connectivity index (χ0n) is 15.5. The van der Waals surface area contributed by atoms with Crippen LogP contribution >= 0.6 is 11.6 Å². The van der Waals surface area contributed by atoms with Crippen molar-refractivity contribution in [2.45, 2.75) is 19.8 Å². The summed E-state index contributed by atoms with van der Waals surface area (Å²) in [5.41, 5.74) is -0.267. The van der Waals surface area contributed by atoms with Crippen molar-refractivity contribution < 1.29 is 29.2 Å².